The summed E-state index contributed by atoms with van der Waals surface area (Å²) in [7, 11) is 2.17. The molecule has 1 aliphatic carbocycles. The van der Waals surface area contributed by atoms with E-state index in [1.165, 1.54) is 21.8 Å². The van der Waals surface area contributed by atoms with Gasteiger partial charge in [-0.25, -0.2) is 9.97 Å². The van der Waals surface area contributed by atoms with Crippen molar-refractivity contribution in [2.24, 2.45) is 5.92 Å². The van der Waals surface area contributed by atoms with Gasteiger partial charge in [0, 0.05) is 41.7 Å². The summed E-state index contributed by atoms with van der Waals surface area (Å²) in [5.74, 6) is 1.19. The summed E-state index contributed by atoms with van der Waals surface area (Å²) in [6, 6.07) is 6.77. The summed E-state index contributed by atoms with van der Waals surface area (Å²) in [6.07, 6.45) is 5.26. The molecule has 2 bridgehead atoms. The lowest BCUT2D eigenvalue weighted by molar-refractivity contribution is -0.138. The van der Waals surface area contributed by atoms with E-state index in [4.69, 9.17) is 0 Å². The van der Waals surface area contributed by atoms with Crippen LogP contribution in [0.4, 0.5) is 11.5 Å². The second kappa shape index (κ2) is 7.59. The molecular weight excluding hydrogens is 468 g/mol. The maximum atomic E-state index is 13.4. The standard InChI is InChI=1S/C24H24N6O2S2/c1-29-9-15-8-14(29)10-30(15)23(31)12-2-4-16-18(6-12)33-22-20(16)21(25-11-26-22)27-13-3-5-17-19(7-13)34-24(32)28-17/h3,5,7,11-12,14-15H,2,4,6,8-10H2,1H3,(H,28,32)(H,25,26,27). The minimum Gasteiger partial charge on any atom is -0.340 e. The molecule has 1 amide bonds. The lowest BCUT2D eigenvalue weighted by Crippen LogP contribution is -2.49. The number of nitrogens with zero attached hydrogens (tertiary/aromatic N) is 4. The third-order valence-corrected chi connectivity index (χ3v) is 9.68. The van der Waals surface area contributed by atoms with E-state index in [1.54, 1.807) is 17.7 Å². The number of hydrogen-bond donors (Lipinski definition) is 2. The topological polar surface area (TPSA) is 94.2 Å². The lowest BCUT2D eigenvalue weighted by Gasteiger charge is -2.35. The van der Waals surface area contributed by atoms with Crippen molar-refractivity contribution in [1.82, 2.24) is 24.8 Å². The molecule has 2 N–H and O–H groups in total. The number of aromatic amines is 1. The van der Waals surface area contributed by atoms with Crippen LogP contribution in [0.15, 0.2) is 29.3 Å². The molecule has 0 saturated carbocycles. The van der Waals surface area contributed by atoms with E-state index in [9.17, 15) is 9.59 Å². The number of thiophene rings is 1. The van der Waals surface area contributed by atoms with Gasteiger partial charge in [-0.1, -0.05) is 11.3 Å². The molecular formula is C24H24N6O2S2. The Morgan fingerprint density at radius 1 is 1.21 bits per heavy atom. The van der Waals surface area contributed by atoms with Crippen LogP contribution in [-0.2, 0) is 17.6 Å². The van der Waals surface area contributed by atoms with E-state index in [1.807, 2.05) is 18.2 Å². The highest BCUT2D eigenvalue weighted by Gasteiger charge is 2.45. The van der Waals surface area contributed by atoms with Gasteiger partial charge in [0.25, 0.3) is 0 Å². The second-order valence-corrected chi connectivity index (χ2v) is 11.8. The van der Waals surface area contributed by atoms with Crippen molar-refractivity contribution in [2.45, 2.75) is 37.8 Å². The van der Waals surface area contributed by atoms with Crippen LogP contribution in [0.25, 0.3) is 20.4 Å². The first-order valence-corrected chi connectivity index (χ1v) is 13.3. The van der Waals surface area contributed by atoms with Crippen LogP contribution in [0.2, 0.25) is 0 Å². The fourth-order valence-electron chi connectivity index (χ4n) is 5.95. The van der Waals surface area contributed by atoms with Crippen LogP contribution in [0.1, 0.15) is 23.3 Å². The normalized spacial score (nSPS) is 24.3. The van der Waals surface area contributed by atoms with Gasteiger partial charge in [-0.3, -0.25) is 14.5 Å². The number of carbonyl (C=O) groups is 1. The third kappa shape index (κ3) is 3.19. The van der Waals surface area contributed by atoms with E-state index in [2.05, 4.69) is 37.1 Å². The minimum absolute atomic E-state index is 0.0543. The number of amides is 1. The number of benzene rings is 1. The maximum absolute atomic E-state index is 13.4. The number of H-pyrrole nitrogens is 1. The van der Waals surface area contributed by atoms with Crippen LogP contribution in [0.3, 0.4) is 0 Å². The predicted molar refractivity (Wildman–Crippen MR) is 135 cm³/mol. The summed E-state index contributed by atoms with van der Waals surface area (Å²) >= 11 is 2.90. The molecule has 3 aromatic heterocycles. The molecule has 3 unspecified atom stereocenters. The summed E-state index contributed by atoms with van der Waals surface area (Å²) in [5, 5.41) is 4.52. The van der Waals surface area contributed by atoms with Crippen molar-refractivity contribution in [3.63, 3.8) is 0 Å². The number of aromatic nitrogens is 3. The zero-order valence-corrected chi connectivity index (χ0v) is 20.3. The molecule has 1 aromatic carbocycles. The Hall–Kier alpha value is -2.82. The van der Waals surface area contributed by atoms with Gasteiger partial charge in [-0.05, 0) is 56.5 Å². The Bertz CT molecular complexity index is 1500. The minimum atomic E-state index is -0.0543. The van der Waals surface area contributed by atoms with Gasteiger partial charge >= 0.3 is 4.87 Å². The van der Waals surface area contributed by atoms with Gasteiger partial charge in [-0.15, -0.1) is 11.3 Å². The molecule has 8 nitrogen and oxygen atoms in total. The van der Waals surface area contributed by atoms with Crippen LogP contribution < -0.4 is 10.2 Å². The Morgan fingerprint density at radius 3 is 2.94 bits per heavy atom. The molecule has 2 aliphatic heterocycles. The lowest BCUT2D eigenvalue weighted by atomic mass is 9.86. The smallest absolute Gasteiger partial charge is 0.305 e. The second-order valence-electron chi connectivity index (χ2n) is 9.67. The van der Waals surface area contributed by atoms with Crippen molar-refractivity contribution in [2.75, 3.05) is 25.5 Å². The first-order valence-electron chi connectivity index (χ1n) is 11.7. The number of likely N-dealkylation sites (N-methyl/N-ethyl adjacent to an activating group) is 1. The molecule has 7 rings (SSSR count). The number of aryl methyl sites for hydroxylation is 1. The van der Waals surface area contributed by atoms with Gasteiger partial charge in [0.2, 0.25) is 5.91 Å². The Kier molecular flexibility index (Phi) is 4.59. The summed E-state index contributed by atoms with van der Waals surface area (Å²) < 4.78 is 0.913. The molecule has 5 heterocycles. The zero-order valence-electron chi connectivity index (χ0n) is 18.7. The van der Waals surface area contributed by atoms with Crippen molar-refractivity contribution in [1.29, 1.82) is 0 Å². The molecule has 0 spiro atoms. The van der Waals surface area contributed by atoms with Crippen LogP contribution >= 0.6 is 22.7 Å². The number of hydrogen-bond acceptors (Lipinski definition) is 8. The van der Waals surface area contributed by atoms with Crippen molar-refractivity contribution in [3.8, 4) is 0 Å². The number of nitrogens with one attached hydrogen (secondary N) is 2. The summed E-state index contributed by atoms with van der Waals surface area (Å²) in [5.41, 5.74) is 3.01. The van der Waals surface area contributed by atoms with Gasteiger partial charge in [-0.2, -0.15) is 0 Å². The summed E-state index contributed by atoms with van der Waals surface area (Å²) in [4.78, 5) is 43.7. The van der Waals surface area contributed by atoms with Crippen molar-refractivity contribution < 1.29 is 4.79 Å². The van der Waals surface area contributed by atoms with Crippen molar-refractivity contribution >= 4 is 60.5 Å². The first-order chi connectivity index (χ1) is 16.5. The quantitative estimate of drug-likeness (QED) is 0.456. The largest absolute Gasteiger partial charge is 0.340 e. The Balaban J connectivity index is 1.17. The summed E-state index contributed by atoms with van der Waals surface area (Å²) in [6.45, 7) is 1.89. The molecule has 3 aliphatic rings. The molecule has 174 valence electrons. The number of piperazine rings is 1. The zero-order chi connectivity index (χ0) is 23.0. The molecule has 10 heteroatoms. The highest BCUT2D eigenvalue weighted by atomic mass is 32.1. The highest BCUT2D eigenvalue weighted by molar-refractivity contribution is 7.19. The average molecular weight is 493 g/mol. The van der Waals surface area contributed by atoms with Crippen LogP contribution in [0.5, 0.6) is 0 Å². The fraction of sp³-hybridized carbons (Fsp3) is 0.417. The van der Waals surface area contributed by atoms with Crippen molar-refractivity contribution in [3.05, 3.63) is 44.6 Å². The molecule has 2 fully saturated rings. The molecule has 2 saturated heterocycles. The van der Waals surface area contributed by atoms with E-state index >= 15 is 0 Å². The van der Waals surface area contributed by atoms with Gasteiger partial charge in [0.1, 0.15) is 17.0 Å². The van der Waals surface area contributed by atoms with E-state index in [0.29, 0.717) is 18.0 Å². The number of likely N-dealkylation sites (tertiary alicyclic amines) is 2. The van der Waals surface area contributed by atoms with E-state index in [0.717, 1.165) is 70.7 Å². The number of anilines is 2. The fourth-order valence-corrected chi connectivity index (χ4v) is 7.99. The van der Waals surface area contributed by atoms with Gasteiger partial charge in [0.15, 0.2) is 0 Å². The Labute approximate surface area is 203 Å². The molecule has 3 atom stereocenters. The first kappa shape index (κ1) is 20.5. The van der Waals surface area contributed by atoms with Gasteiger partial charge in [0.05, 0.1) is 15.6 Å². The average Bonchev–Trinajstić information content (AvgIpc) is 3.58. The van der Waals surface area contributed by atoms with Gasteiger partial charge < -0.3 is 15.2 Å². The maximum Gasteiger partial charge on any atom is 0.305 e. The van der Waals surface area contributed by atoms with Crippen LogP contribution in [-0.4, -0.2) is 62.9 Å². The number of carbonyl (C=O) groups excluding carboxylic acids is 1. The molecule has 0 radical (unpaired) electrons. The predicted octanol–water partition coefficient (Wildman–Crippen LogP) is 3.36. The highest BCUT2D eigenvalue weighted by Crippen LogP contribution is 2.42. The monoisotopic (exact) mass is 492 g/mol. The SMILES string of the molecule is CN1CC2CC1CN2C(=O)C1CCc2c(sc3ncnc(Nc4ccc5[nH]c(=O)sc5c4)c23)C1. The van der Waals surface area contributed by atoms with Crippen LogP contribution in [0, 0.1) is 5.92 Å². The van der Waals surface area contributed by atoms with E-state index in [-0.39, 0.29) is 10.8 Å². The molecule has 34 heavy (non-hydrogen) atoms. The Morgan fingerprint density at radius 2 is 2.12 bits per heavy atom. The van der Waals surface area contributed by atoms with E-state index < -0.39 is 0 Å². The number of thiazole rings is 1. The number of rotatable bonds is 3. The molecule has 4 aromatic rings. The third-order valence-electron chi connectivity index (χ3n) is 7.68. The number of fused-ring (bicyclic) bond motifs is 6.